The van der Waals surface area contributed by atoms with Crippen LogP contribution < -0.4 is 11.1 Å². The van der Waals surface area contributed by atoms with Gasteiger partial charge in [0.15, 0.2) is 9.84 Å². The first kappa shape index (κ1) is 16.7. The van der Waals surface area contributed by atoms with E-state index < -0.39 is 15.4 Å². The fourth-order valence-corrected chi connectivity index (χ4v) is 4.54. The molecular formula is C14H27N3O3S. The molecule has 1 unspecified atom stereocenters. The van der Waals surface area contributed by atoms with Crippen molar-refractivity contribution in [3.05, 3.63) is 0 Å². The largest absolute Gasteiger partial charge is 0.368 e. The van der Waals surface area contributed by atoms with E-state index in [1.165, 1.54) is 0 Å². The zero-order valence-electron chi connectivity index (χ0n) is 13.0. The minimum Gasteiger partial charge on any atom is -0.368 e. The molecule has 2 rings (SSSR count). The second-order valence-corrected chi connectivity index (χ2v) is 8.99. The Bertz CT molecular complexity index is 488. The van der Waals surface area contributed by atoms with Crippen LogP contribution in [0.4, 0.5) is 0 Å². The van der Waals surface area contributed by atoms with Crippen LogP contribution in [-0.4, -0.2) is 61.9 Å². The van der Waals surface area contributed by atoms with E-state index in [4.69, 9.17) is 5.73 Å². The van der Waals surface area contributed by atoms with E-state index >= 15 is 0 Å². The lowest BCUT2D eigenvalue weighted by atomic mass is 9.90. The minimum atomic E-state index is -2.93. The first-order valence-electron chi connectivity index (χ1n) is 7.75. The Labute approximate surface area is 127 Å². The molecule has 21 heavy (non-hydrogen) atoms. The van der Waals surface area contributed by atoms with Gasteiger partial charge in [-0.15, -0.1) is 0 Å². The van der Waals surface area contributed by atoms with Crippen LogP contribution >= 0.6 is 0 Å². The topological polar surface area (TPSA) is 92.5 Å². The van der Waals surface area contributed by atoms with E-state index in [0.717, 1.165) is 12.8 Å². The normalized spacial score (nSPS) is 26.2. The van der Waals surface area contributed by atoms with Crippen LogP contribution in [0.15, 0.2) is 0 Å². The lowest BCUT2D eigenvalue weighted by molar-refractivity contribution is -0.126. The number of sulfone groups is 1. The molecule has 1 saturated heterocycles. The minimum absolute atomic E-state index is 0.161. The molecule has 2 aliphatic rings. The van der Waals surface area contributed by atoms with E-state index in [1.807, 2.05) is 13.8 Å². The van der Waals surface area contributed by atoms with Gasteiger partial charge in [0.25, 0.3) is 0 Å². The molecule has 1 aliphatic carbocycles. The molecule has 1 aliphatic heterocycles. The smallest absolute Gasteiger partial charge is 0.239 e. The summed E-state index contributed by atoms with van der Waals surface area (Å²) in [6, 6.07) is 0.161. The molecule has 1 amide bonds. The van der Waals surface area contributed by atoms with Crippen molar-refractivity contribution in [2.75, 3.05) is 31.1 Å². The number of rotatable bonds is 6. The van der Waals surface area contributed by atoms with Crippen molar-refractivity contribution in [1.29, 1.82) is 0 Å². The summed E-state index contributed by atoms with van der Waals surface area (Å²) >= 11 is 0. The Morgan fingerprint density at radius 3 is 2.52 bits per heavy atom. The van der Waals surface area contributed by atoms with Gasteiger partial charge in [-0.1, -0.05) is 0 Å². The third-order valence-electron chi connectivity index (χ3n) is 4.38. The second kappa shape index (κ2) is 6.22. The summed E-state index contributed by atoms with van der Waals surface area (Å²) in [4.78, 5) is 14.2. The first-order chi connectivity index (χ1) is 9.75. The van der Waals surface area contributed by atoms with Crippen molar-refractivity contribution in [1.82, 2.24) is 10.2 Å². The third-order valence-corrected chi connectivity index (χ3v) is 6.10. The van der Waals surface area contributed by atoms with Crippen LogP contribution in [-0.2, 0) is 14.6 Å². The van der Waals surface area contributed by atoms with Gasteiger partial charge < -0.3 is 5.73 Å². The van der Waals surface area contributed by atoms with Crippen molar-refractivity contribution in [2.45, 2.75) is 44.7 Å². The monoisotopic (exact) mass is 317 g/mol. The second-order valence-electron chi connectivity index (χ2n) is 6.69. The van der Waals surface area contributed by atoms with Gasteiger partial charge in [0, 0.05) is 19.1 Å². The average Bonchev–Trinajstić information content (AvgIpc) is 3.17. The van der Waals surface area contributed by atoms with Crippen LogP contribution in [0.3, 0.4) is 0 Å². The van der Waals surface area contributed by atoms with Crippen LogP contribution in [0.2, 0.25) is 0 Å². The fourth-order valence-electron chi connectivity index (χ4n) is 3.24. The molecule has 7 heteroatoms. The summed E-state index contributed by atoms with van der Waals surface area (Å²) in [6.45, 7) is 5.73. The number of carbonyl (C=O) groups is 1. The highest BCUT2D eigenvalue weighted by Gasteiger charge is 2.50. The van der Waals surface area contributed by atoms with Crippen molar-refractivity contribution < 1.29 is 13.2 Å². The molecule has 1 heterocycles. The average molecular weight is 317 g/mol. The van der Waals surface area contributed by atoms with Gasteiger partial charge in [-0.25, -0.2) is 8.42 Å². The Balaban J connectivity index is 2.13. The Morgan fingerprint density at radius 2 is 2.00 bits per heavy atom. The number of hydrogen-bond acceptors (Lipinski definition) is 5. The number of amides is 1. The standard InChI is InChI=1S/C14H27N3O3S/c1-11(2)16-14(13(15)18,12-4-5-12)10-17-6-3-8-21(19,20)9-7-17/h11-12,16H,3-10H2,1-2H3,(H2,15,18). The van der Waals surface area contributed by atoms with Gasteiger partial charge in [0.1, 0.15) is 5.54 Å². The Hall–Kier alpha value is -0.660. The summed E-state index contributed by atoms with van der Waals surface area (Å²) in [7, 11) is -2.93. The molecule has 2 fully saturated rings. The molecule has 0 aromatic carbocycles. The van der Waals surface area contributed by atoms with Crippen LogP contribution in [0, 0.1) is 5.92 Å². The molecule has 122 valence electrons. The molecule has 1 saturated carbocycles. The lowest BCUT2D eigenvalue weighted by Gasteiger charge is -2.38. The molecule has 0 radical (unpaired) electrons. The summed E-state index contributed by atoms with van der Waals surface area (Å²) in [5, 5.41) is 3.38. The van der Waals surface area contributed by atoms with Gasteiger partial charge in [-0.05, 0) is 45.6 Å². The number of hydrogen-bond donors (Lipinski definition) is 2. The molecule has 0 bridgehead atoms. The molecule has 3 N–H and O–H groups in total. The molecule has 1 atom stereocenters. The van der Waals surface area contributed by atoms with E-state index in [1.54, 1.807) is 0 Å². The van der Waals surface area contributed by atoms with Crippen LogP contribution in [0.1, 0.15) is 33.1 Å². The first-order valence-corrected chi connectivity index (χ1v) is 9.58. The van der Waals surface area contributed by atoms with Gasteiger partial charge >= 0.3 is 0 Å². The highest BCUT2D eigenvalue weighted by Crippen LogP contribution is 2.40. The zero-order chi connectivity index (χ0) is 15.7. The third kappa shape index (κ3) is 4.17. The molecule has 6 nitrogen and oxygen atoms in total. The van der Waals surface area contributed by atoms with Crippen LogP contribution in [0.5, 0.6) is 0 Å². The number of carbonyl (C=O) groups excluding carboxylic acids is 1. The Morgan fingerprint density at radius 1 is 1.33 bits per heavy atom. The number of primary amides is 1. The Kier molecular flexibility index (Phi) is 4.95. The van der Waals surface area contributed by atoms with Gasteiger partial charge in [0.05, 0.1) is 11.5 Å². The van der Waals surface area contributed by atoms with Crippen molar-refractivity contribution in [2.24, 2.45) is 11.7 Å². The number of nitrogens with one attached hydrogen (secondary N) is 1. The highest BCUT2D eigenvalue weighted by atomic mass is 32.2. The van der Waals surface area contributed by atoms with Crippen molar-refractivity contribution in [3.63, 3.8) is 0 Å². The summed E-state index contributed by atoms with van der Waals surface area (Å²) in [6.07, 6.45) is 2.65. The predicted octanol–water partition coefficient (Wildman–Crippen LogP) is -0.261. The SMILES string of the molecule is CC(C)NC(CN1CCCS(=O)(=O)CC1)(C(N)=O)C1CC1. The maximum Gasteiger partial charge on any atom is 0.239 e. The summed E-state index contributed by atoms with van der Waals surface area (Å²) < 4.78 is 23.4. The van der Waals surface area contributed by atoms with Gasteiger partial charge in [-0.3, -0.25) is 15.0 Å². The van der Waals surface area contributed by atoms with Crippen molar-refractivity contribution in [3.8, 4) is 0 Å². The van der Waals surface area contributed by atoms with Crippen LogP contribution in [0.25, 0.3) is 0 Å². The van der Waals surface area contributed by atoms with E-state index in [9.17, 15) is 13.2 Å². The molecule has 0 aromatic rings. The molecular weight excluding hydrogens is 290 g/mol. The van der Waals surface area contributed by atoms with Gasteiger partial charge in [-0.2, -0.15) is 0 Å². The predicted molar refractivity (Wildman–Crippen MR) is 82.6 cm³/mol. The quantitative estimate of drug-likeness (QED) is 0.704. The van der Waals surface area contributed by atoms with Crippen molar-refractivity contribution >= 4 is 15.7 Å². The maximum atomic E-state index is 12.1. The summed E-state index contributed by atoms with van der Waals surface area (Å²) in [5.41, 5.74) is 5.00. The van der Waals surface area contributed by atoms with Gasteiger partial charge in [0.2, 0.25) is 5.91 Å². The van der Waals surface area contributed by atoms with E-state index in [0.29, 0.717) is 26.1 Å². The molecule has 0 spiro atoms. The fraction of sp³-hybridized carbons (Fsp3) is 0.929. The maximum absolute atomic E-state index is 12.1. The number of nitrogens with zero attached hydrogens (tertiary/aromatic N) is 1. The molecule has 0 aromatic heterocycles. The van der Waals surface area contributed by atoms with E-state index in [-0.39, 0.29) is 29.4 Å². The zero-order valence-corrected chi connectivity index (χ0v) is 13.8. The highest BCUT2D eigenvalue weighted by molar-refractivity contribution is 7.91. The van der Waals surface area contributed by atoms with E-state index in [2.05, 4.69) is 10.2 Å². The lowest BCUT2D eigenvalue weighted by Crippen LogP contribution is -2.65. The summed E-state index contributed by atoms with van der Waals surface area (Å²) in [5.74, 6) is 0.380. The number of nitrogens with two attached hydrogens (primary N) is 1.